The van der Waals surface area contributed by atoms with Crippen LogP contribution in [0.1, 0.15) is 0 Å². The van der Waals surface area contributed by atoms with Crippen LogP contribution < -0.4 is 11.4 Å². The van der Waals surface area contributed by atoms with E-state index in [1.54, 1.807) is 24.3 Å². The number of ether oxygens (including phenoxy) is 1. The molecule has 0 atom stereocenters. The van der Waals surface area contributed by atoms with Crippen LogP contribution >= 0.6 is 15.9 Å². The maximum atomic E-state index is 12.5. The Morgan fingerprint density at radius 2 is 1.95 bits per heavy atom. The lowest BCUT2D eigenvalue weighted by molar-refractivity contribution is -0.141. The summed E-state index contributed by atoms with van der Waals surface area (Å²) in [4.78, 5) is 38.2. The third kappa shape index (κ3) is 2.29. The first kappa shape index (κ1) is 14.4. The number of rotatable bonds is 3. The van der Waals surface area contributed by atoms with Crippen molar-refractivity contribution in [3.8, 4) is 5.69 Å². The number of imidazole rings is 1. The number of carbonyl (C=O) groups excluding carboxylic acids is 1. The van der Waals surface area contributed by atoms with Crippen molar-refractivity contribution >= 4 is 27.5 Å². The molecule has 3 aromatic rings. The molecule has 3 rings (SSSR count). The van der Waals surface area contributed by atoms with Crippen LogP contribution in [0.15, 0.2) is 44.5 Å². The van der Waals surface area contributed by atoms with Crippen LogP contribution in [0.25, 0.3) is 11.3 Å². The molecule has 0 saturated heterocycles. The standard InChI is InChI=1S/C13H11BrN4O4/c1-22-11(19)7-17-12(20)15-10-6-16(13(21)18(10)17)9-4-2-8(14)3-5-9/h2-6H,7H2,1H3,(H,15,20). The second kappa shape index (κ2) is 5.34. The van der Waals surface area contributed by atoms with E-state index in [4.69, 9.17) is 0 Å². The first-order valence-corrected chi connectivity index (χ1v) is 7.06. The molecule has 1 N–H and O–H groups in total. The van der Waals surface area contributed by atoms with E-state index < -0.39 is 17.3 Å². The molecule has 0 aliphatic carbocycles. The molecule has 0 aliphatic rings. The lowest BCUT2D eigenvalue weighted by Gasteiger charge is -2.02. The number of methoxy groups -OCH3 is 1. The molecular formula is C13H11BrN4O4. The van der Waals surface area contributed by atoms with Crippen LogP contribution in [0.3, 0.4) is 0 Å². The Morgan fingerprint density at radius 3 is 2.59 bits per heavy atom. The number of nitrogens with one attached hydrogen (secondary N) is 1. The third-order valence-electron chi connectivity index (χ3n) is 3.19. The molecule has 0 aliphatic heterocycles. The maximum absolute atomic E-state index is 12.5. The van der Waals surface area contributed by atoms with Crippen molar-refractivity contribution in [2.45, 2.75) is 6.54 Å². The summed E-state index contributed by atoms with van der Waals surface area (Å²) >= 11 is 3.32. The van der Waals surface area contributed by atoms with Gasteiger partial charge in [0.25, 0.3) is 0 Å². The molecule has 22 heavy (non-hydrogen) atoms. The van der Waals surface area contributed by atoms with Crippen molar-refractivity contribution in [3.63, 3.8) is 0 Å². The van der Waals surface area contributed by atoms with E-state index in [0.29, 0.717) is 11.3 Å². The van der Waals surface area contributed by atoms with Gasteiger partial charge in [-0.2, -0.15) is 4.52 Å². The summed E-state index contributed by atoms with van der Waals surface area (Å²) in [6.07, 6.45) is 1.50. The van der Waals surface area contributed by atoms with Crippen LogP contribution in [0.2, 0.25) is 0 Å². The number of H-pyrrole nitrogens is 1. The first-order chi connectivity index (χ1) is 10.5. The Morgan fingerprint density at radius 1 is 1.27 bits per heavy atom. The van der Waals surface area contributed by atoms with Crippen LogP contribution in [-0.2, 0) is 16.1 Å². The zero-order chi connectivity index (χ0) is 15.9. The van der Waals surface area contributed by atoms with Crippen LogP contribution in [0.5, 0.6) is 0 Å². The molecule has 0 spiro atoms. The number of nitrogens with zero attached hydrogens (tertiary/aromatic N) is 3. The third-order valence-corrected chi connectivity index (χ3v) is 3.72. The van der Waals surface area contributed by atoms with Crippen molar-refractivity contribution < 1.29 is 9.53 Å². The molecule has 1 aromatic carbocycles. The van der Waals surface area contributed by atoms with Gasteiger partial charge < -0.3 is 4.74 Å². The molecule has 2 aromatic heterocycles. The Bertz CT molecular complexity index is 961. The highest BCUT2D eigenvalue weighted by atomic mass is 79.9. The van der Waals surface area contributed by atoms with Gasteiger partial charge >= 0.3 is 17.3 Å². The molecule has 8 nitrogen and oxygen atoms in total. The molecule has 0 amide bonds. The normalized spacial score (nSPS) is 11.0. The fourth-order valence-electron chi connectivity index (χ4n) is 2.14. The van der Waals surface area contributed by atoms with Gasteiger partial charge in [0.15, 0.2) is 5.65 Å². The van der Waals surface area contributed by atoms with E-state index in [1.165, 1.54) is 17.9 Å². The van der Waals surface area contributed by atoms with Gasteiger partial charge in [-0.1, -0.05) is 15.9 Å². The van der Waals surface area contributed by atoms with E-state index in [2.05, 4.69) is 25.7 Å². The minimum atomic E-state index is -0.619. The average molecular weight is 367 g/mol. The number of hydrogen-bond acceptors (Lipinski definition) is 4. The van der Waals surface area contributed by atoms with Crippen LogP contribution in [-0.4, -0.2) is 31.8 Å². The average Bonchev–Trinajstić information content (AvgIpc) is 2.97. The van der Waals surface area contributed by atoms with E-state index in [0.717, 1.165) is 13.7 Å². The fourth-order valence-corrected chi connectivity index (χ4v) is 2.40. The monoisotopic (exact) mass is 366 g/mol. The maximum Gasteiger partial charge on any atom is 0.353 e. The minimum absolute atomic E-state index is 0.293. The lowest BCUT2D eigenvalue weighted by Crippen LogP contribution is -2.32. The van der Waals surface area contributed by atoms with Gasteiger partial charge in [0.2, 0.25) is 0 Å². The van der Waals surface area contributed by atoms with Crippen molar-refractivity contribution in [1.82, 2.24) is 18.7 Å². The second-order valence-electron chi connectivity index (χ2n) is 4.52. The number of benzene rings is 1. The van der Waals surface area contributed by atoms with Gasteiger partial charge in [-0.3, -0.25) is 14.3 Å². The van der Waals surface area contributed by atoms with Gasteiger partial charge in [0.1, 0.15) is 6.54 Å². The number of hydrogen-bond donors (Lipinski definition) is 1. The zero-order valence-corrected chi connectivity index (χ0v) is 13.0. The zero-order valence-electron chi connectivity index (χ0n) is 11.4. The predicted molar refractivity (Wildman–Crippen MR) is 81.3 cm³/mol. The highest BCUT2D eigenvalue weighted by molar-refractivity contribution is 9.10. The van der Waals surface area contributed by atoms with Gasteiger partial charge in [0.05, 0.1) is 19.0 Å². The smallest absolute Gasteiger partial charge is 0.353 e. The van der Waals surface area contributed by atoms with Crippen LogP contribution in [0, 0.1) is 0 Å². The molecule has 114 valence electrons. The molecule has 9 heteroatoms. The van der Waals surface area contributed by atoms with Crippen molar-refractivity contribution in [2.75, 3.05) is 7.11 Å². The van der Waals surface area contributed by atoms with Gasteiger partial charge in [0, 0.05) is 4.47 Å². The van der Waals surface area contributed by atoms with Crippen LogP contribution in [0.4, 0.5) is 0 Å². The molecular weight excluding hydrogens is 356 g/mol. The summed E-state index contributed by atoms with van der Waals surface area (Å²) in [7, 11) is 1.22. The number of aromatic amines is 1. The summed E-state index contributed by atoms with van der Waals surface area (Å²) in [5, 5.41) is 0. The number of fused-ring (bicyclic) bond motifs is 1. The number of esters is 1. The highest BCUT2D eigenvalue weighted by Crippen LogP contribution is 2.13. The molecule has 0 bridgehead atoms. The van der Waals surface area contributed by atoms with Crippen molar-refractivity contribution in [3.05, 3.63) is 55.9 Å². The number of aromatic nitrogens is 4. The fraction of sp³-hybridized carbons (Fsp3) is 0.154. The summed E-state index contributed by atoms with van der Waals surface area (Å²) in [6.45, 7) is -0.348. The highest BCUT2D eigenvalue weighted by Gasteiger charge is 2.16. The number of halogens is 1. The Balaban J connectivity index is 2.18. The van der Waals surface area contributed by atoms with Crippen molar-refractivity contribution in [2.24, 2.45) is 0 Å². The predicted octanol–water partition coefficient (Wildman–Crippen LogP) is 0.515. The topological polar surface area (TPSA) is 90.5 Å². The van der Waals surface area contributed by atoms with Gasteiger partial charge in [-0.25, -0.2) is 14.3 Å². The Kier molecular flexibility index (Phi) is 3.49. The number of carbonyl (C=O) groups is 1. The SMILES string of the molecule is COC(=O)Cn1c(=O)[nH]c2cn(-c3ccc(Br)cc3)c(=O)n21. The first-order valence-electron chi connectivity index (χ1n) is 6.27. The van der Waals surface area contributed by atoms with Crippen molar-refractivity contribution in [1.29, 1.82) is 0 Å². The molecule has 0 fully saturated rings. The molecule has 0 unspecified atom stereocenters. The van der Waals surface area contributed by atoms with Gasteiger partial charge in [-0.15, -0.1) is 0 Å². The summed E-state index contributed by atoms with van der Waals surface area (Å²) in [5.74, 6) is -0.619. The molecule has 0 radical (unpaired) electrons. The summed E-state index contributed by atoms with van der Waals surface area (Å²) in [6, 6.07) is 7.12. The van der Waals surface area contributed by atoms with Gasteiger partial charge in [-0.05, 0) is 24.3 Å². The van der Waals surface area contributed by atoms with E-state index >= 15 is 0 Å². The summed E-state index contributed by atoms with van der Waals surface area (Å²) < 4.78 is 8.91. The van der Waals surface area contributed by atoms with E-state index in [-0.39, 0.29) is 6.54 Å². The van der Waals surface area contributed by atoms with E-state index in [9.17, 15) is 14.4 Å². The largest absolute Gasteiger partial charge is 0.468 e. The second-order valence-corrected chi connectivity index (χ2v) is 5.43. The Labute approximate surface area is 131 Å². The Hall–Kier alpha value is -2.55. The lowest BCUT2D eigenvalue weighted by atomic mass is 10.3. The molecule has 0 saturated carbocycles. The minimum Gasteiger partial charge on any atom is -0.468 e. The quantitative estimate of drug-likeness (QED) is 0.684. The van der Waals surface area contributed by atoms with E-state index in [1.807, 2.05) is 0 Å². The summed E-state index contributed by atoms with van der Waals surface area (Å²) in [5.41, 5.74) is -0.0794. The molecule has 2 heterocycles.